The van der Waals surface area contributed by atoms with Gasteiger partial charge in [0.05, 0.1) is 12.7 Å². The van der Waals surface area contributed by atoms with Crippen molar-refractivity contribution in [1.29, 1.82) is 0 Å². The van der Waals surface area contributed by atoms with Gasteiger partial charge < -0.3 is 14.9 Å². The van der Waals surface area contributed by atoms with Gasteiger partial charge in [0.2, 0.25) is 0 Å². The molecule has 1 rings (SSSR count). The van der Waals surface area contributed by atoms with Gasteiger partial charge in [0.25, 0.3) is 5.91 Å². The van der Waals surface area contributed by atoms with Crippen LogP contribution in [0.2, 0.25) is 0 Å². The lowest BCUT2D eigenvalue weighted by molar-refractivity contribution is -0.124. The van der Waals surface area contributed by atoms with Crippen LogP contribution in [0.25, 0.3) is 0 Å². The second kappa shape index (κ2) is 8.31. The highest BCUT2D eigenvalue weighted by atomic mass is 16.5. The third kappa shape index (κ3) is 5.00. The number of rotatable bonds is 7. The maximum absolute atomic E-state index is 10.9. The molecule has 0 aliphatic rings. The Hall–Kier alpha value is -1.89. The zero-order valence-electron chi connectivity index (χ0n) is 11.2. The van der Waals surface area contributed by atoms with Crippen molar-refractivity contribution in [2.24, 2.45) is 5.92 Å². The van der Waals surface area contributed by atoms with Gasteiger partial charge in [-0.25, -0.2) is 5.48 Å². The molecule has 6 nitrogen and oxygen atoms in total. The third-order valence-electron chi connectivity index (χ3n) is 2.72. The molecule has 0 saturated carbocycles. The molecule has 0 saturated heterocycles. The molecular formula is C14H19NO5. The van der Waals surface area contributed by atoms with Crippen molar-refractivity contribution in [2.45, 2.75) is 13.0 Å². The van der Waals surface area contributed by atoms with E-state index in [1.165, 1.54) is 11.6 Å². The topological polar surface area (TPSA) is 99.0 Å². The first kappa shape index (κ1) is 16.2. The van der Waals surface area contributed by atoms with E-state index < -0.39 is 12.0 Å². The first-order valence-electron chi connectivity index (χ1n) is 6.22. The quantitative estimate of drug-likeness (QED) is 0.336. The van der Waals surface area contributed by atoms with E-state index in [-0.39, 0.29) is 19.1 Å². The molecule has 6 heteroatoms. The molecule has 1 aromatic rings. The summed E-state index contributed by atoms with van der Waals surface area (Å²) < 4.78 is 5.27. The van der Waals surface area contributed by atoms with Crippen molar-refractivity contribution in [3.8, 4) is 5.75 Å². The van der Waals surface area contributed by atoms with E-state index in [2.05, 4.69) is 0 Å². The van der Waals surface area contributed by atoms with E-state index >= 15 is 0 Å². The first-order chi connectivity index (χ1) is 9.58. The number of nitrogens with one attached hydrogen (secondary N) is 1. The molecule has 0 aliphatic carbocycles. The van der Waals surface area contributed by atoms with Gasteiger partial charge in [-0.2, -0.15) is 0 Å². The normalized spacial score (nSPS) is 14.0. The Balaban J connectivity index is 2.72. The SMILES string of the molecule is C[C@H](/C=C/C(=O)NO)[C@H](O)c1cccc(OCCO)c1. The van der Waals surface area contributed by atoms with Crippen LogP contribution in [0, 0.1) is 5.92 Å². The molecule has 0 aromatic heterocycles. The van der Waals surface area contributed by atoms with Crippen LogP contribution >= 0.6 is 0 Å². The summed E-state index contributed by atoms with van der Waals surface area (Å²) in [4.78, 5) is 10.9. The number of ether oxygens (including phenoxy) is 1. The second-order valence-electron chi connectivity index (χ2n) is 4.28. The number of carbonyl (C=O) groups excluding carboxylic acids is 1. The van der Waals surface area contributed by atoms with Crippen molar-refractivity contribution in [3.63, 3.8) is 0 Å². The minimum atomic E-state index is -0.810. The largest absolute Gasteiger partial charge is 0.491 e. The molecule has 1 aromatic carbocycles. The highest BCUT2D eigenvalue weighted by Gasteiger charge is 2.14. The van der Waals surface area contributed by atoms with Crippen LogP contribution in [0.5, 0.6) is 5.75 Å². The third-order valence-corrected chi connectivity index (χ3v) is 2.72. The fraction of sp³-hybridized carbons (Fsp3) is 0.357. The lowest BCUT2D eigenvalue weighted by Gasteiger charge is -2.16. The smallest absolute Gasteiger partial charge is 0.267 e. The number of hydrogen-bond acceptors (Lipinski definition) is 5. The summed E-state index contributed by atoms with van der Waals surface area (Å²) in [5.74, 6) is -0.413. The minimum absolute atomic E-state index is 0.0812. The zero-order chi connectivity index (χ0) is 15.0. The van der Waals surface area contributed by atoms with Gasteiger partial charge in [-0.05, 0) is 17.7 Å². The summed E-state index contributed by atoms with van der Waals surface area (Å²) >= 11 is 0. The summed E-state index contributed by atoms with van der Waals surface area (Å²) in [7, 11) is 0. The lowest BCUT2D eigenvalue weighted by atomic mass is 9.97. The Bertz CT molecular complexity index is 461. The molecule has 0 heterocycles. The van der Waals surface area contributed by atoms with Crippen LogP contribution in [-0.4, -0.2) is 34.5 Å². The van der Waals surface area contributed by atoms with Crippen LogP contribution in [0.4, 0.5) is 0 Å². The van der Waals surface area contributed by atoms with E-state index in [0.717, 1.165) is 6.08 Å². The monoisotopic (exact) mass is 281 g/mol. The summed E-state index contributed by atoms with van der Waals surface area (Å²) in [6, 6.07) is 6.89. The molecule has 4 N–H and O–H groups in total. The number of aliphatic hydroxyl groups is 2. The Kier molecular flexibility index (Phi) is 6.72. The maximum atomic E-state index is 10.9. The Morgan fingerprint density at radius 2 is 2.25 bits per heavy atom. The van der Waals surface area contributed by atoms with Crippen molar-refractivity contribution < 1.29 is 25.0 Å². The first-order valence-corrected chi connectivity index (χ1v) is 6.22. The molecule has 0 bridgehead atoms. The maximum Gasteiger partial charge on any atom is 0.267 e. The van der Waals surface area contributed by atoms with Crippen molar-refractivity contribution in [3.05, 3.63) is 42.0 Å². The van der Waals surface area contributed by atoms with Crippen LogP contribution in [0.3, 0.4) is 0 Å². The molecule has 20 heavy (non-hydrogen) atoms. The molecule has 0 unspecified atom stereocenters. The van der Waals surface area contributed by atoms with E-state index in [4.69, 9.17) is 15.1 Å². The number of hydrogen-bond donors (Lipinski definition) is 4. The van der Waals surface area contributed by atoms with Gasteiger partial charge >= 0.3 is 0 Å². The minimum Gasteiger partial charge on any atom is -0.491 e. The molecule has 110 valence electrons. The average Bonchev–Trinajstić information content (AvgIpc) is 2.49. The molecular weight excluding hydrogens is 262 g/mol. The van der Waals surface area contributed by atoms with E-state index in [9.17, 15) is 9.90 Å². The predicted octanol–water partition coefficient (Wildman–Crippen LogP) is 0.789. The van der Waals surface area contributed by atoms with Crippen molar-refractivity contribution in [2.75, 3.05) is 13.2 Å². The van der Waals surface area contributed by atoms with Gasteiger partial charge in [0.1, 0.15) is 12.4 Å². The molecule has 1 amide bonds. The highest BCUT2D eigenvalue weighted by molar-refractivity contribution is 5.86. The Morgan fingerprint density at radius 3 is 2.90 bits per heavy atom. The summed E-state index contributed by atoms with van der Waals surface area (Å²) in [5.41, 5.74) is 2.12. The van der Waals surface area contributed by atoms with Gasteiger partial charge in [-0.1, -0.05) is 25.1 Å². The standard InChI is InChI=1S/C14H19NO5/c1-10(5-6-13(17)15-19)14(18)11-3-2-4-12(9-11)20-8-7-16/h2-6,9-10,14,16,18-19H,7-8H2,1H3,(H,15,17)/b6-5+/t10-,14+/m1/s1. The number of aliphatic hydroxyl groups excluding tert-OH is 2. The molecule has 0 radical (unpaired) electrons. The highest BCUT2D eigenvalue weighted by Crippen LogP contribution is 2.25. The molecule has 0 spiro atoms. The van der Waals surface area contributed by atoms with Crippen LogP contribution in [-0.2, 0) is 4.79 Å². The number of benzene rings is 1. The zero-order valence-corrected chi connectivity index (χ0v) is 11.2. The predicted molar refractivity (Wildman–Crippen MR) is 72.2 cm³/mol. The second-order valence-corrected chi connectivity index (χ2v) is 4.28. The fourth-order valence-electron chi connectivity index (χ4n) is 1.64. The van der Waals surface area contributed by atoms with Gasteiger partial charge in [-0.15, -0.1) is 0 Å². The Labute approximate surface area is 117 Å². The fourth-order valence-corrected chi connectivity index (χ4v) is 1.64. The van der Waals surface area contributed by atoms with E-state index in [1.807, 2.05) is 0 Å². The van der Waals surface area contributed by atoms with Crippen molar-refractivity contribution in [1.82, 2.24) is 5.48 Å². The number of amides is 1. The van der Waals surface area contributed by atoms with Crippen LogP contribution in [0.15, 0.2) is 36.4 Å². The van der Waals surface area contributed by atoms with Crippen LogP contribution in [0.1, 0.15) is 18.6 Å². The summed E-state index contributed by atoms with van der Waals surface area (Å²) in [5, 5.41) is 27.2. The molecule has 0 aliphatic heterocycles. The summed E-state index contributed by atoms with van der Waals surface area (Å²) in [6.07, 6.45) is 1.84. The number of carbonyl (C=O) groups is 1. The van der Waals surface area contributed by atoms with Gasteiger partial charge in [0.15, 0.2) is 0 Å². The number of hydroxylamine groups is 1. The lowest BCUT2D eigenvalue weighted by Crippen LogP contribution is -2.16. The van der Waals surface area contributed by atoms with Crippen LogP contribution < -0.4 is 10.2 Å². The van der Waals surface area contributed by atoms with E-state index in [1.54, 1.807) is 31.2 Å². The summed E-state index contributed by atoms with van der Waals surface area (Å²) in [6.45, 7) is 1.85. The molecule has 0 fully saturated rings. The van der Waals surface area contributed by atoms with Gasteiger partial charge in [-0.3, -0.25) is 10.0 Å². The van der Waals surface area contributed by atoms with E-state index in [0.29, 0.717) is 11.3 Å². The van der Waals surface area contributed by atoms with Crippen molar-refractivity contribution >= 4 is 5.91 Å². The van der Waals surface area contributed by atoms with Gasteiger partial charge in [0, 0.05) is 12.0 Å². The Morgan fingerprint density at radius 1 is 1.50 bits per heavy atom. The molecule has 2 atom stereocenters. The average molecular weight is 281 g/mol.